The Hall–Kier alpha value is -2.28. The number of primary amides is 1. The smallest absolute Gasteiger partial charge is 0.234 e. The molecule has 1 heterocycles. The van der Waals surface area contributed by atoms with Crippen molar-refractivity contribution in [1.82, 2.24) is 10.2 Å². The van der Waals surface area contributed by atoms with Gasteiger partial charge < -0.3 is 20.5 Å². The first-order valence-electron chi connectivity index (χ1n) is 8.02. The van der Waals surface area contributed by atoms with E-state index in [1.807, 2.05) is 23.1 Å². The predicted octanol–water partition coefficient (Wildman–Crippen LogP) is 0.517. The number of likely N-dealkylation sites (tertiary alicyclic amines) is 1. The lowest BCUT2D eigenvalue weighted by atomic mass is 9.97. The van der Waals surface area contributed by atoms with Crippen LogP contribution in [0.15, 0.2) is 18.2 Å². The third-order valence-corrected chi connectivity index (χ3v) is 4.21. The third kappa shape index (κ3) is 4.86. The van der Waals surface area contributed by atoms with Gasteiger partial charge in [-0.1, -0.05) is 6.07 Å². The lowest BCUT2D eigenvalue weighted by Gasteiger charge is -2.30. The number of hydrogen-bond donors (Lipinski definition) is 2. The van der Waals surface area contributed by atoms with Crippen LogP contribution in [-0.2, 0) is 16.1 Å². The zero-order chi connectivity index (χ0) is 17.5. The van der Waals surface area contributed by atoms with Crippen molar-refractivity contribution in [1.29, 1.82) is 0 Å². The number of carbonyl (C=O) groups is 2. The average Bonchev–Trinajstić information content (AvgIpc) is 2.59. The molecule has 24 heavy (non-hydrogen) atoms. The third-order valence-electron chi connectivity index (χ3n) is 4.21. The number of nitrogens with two attached hydrogens (primary N) is 1. The van der Waals surface area contributed by atoms with Gasteiger partial charge in [0, 0.05) is 13.1 Å². The fourth-order valence-electron chi connectivity index (χ4n) is 2.88. The summed E-state index contributed by atoms with van der Waals surface area (Å²) in [6.45, 7) is 2.05. The minimum atomic E-state index is -0.287. The normalized spacial score (nSPS) is 18.0. The molecular formula is C17H25N3O4. The Morgan fingerprint density at radius 3 is 2.71 bits per heavy atom. The number of piperidine rings is 1. The Balaban J connectivity index is 1.84. The van der Waals surface area contributed by atoms with Gasteiger partial charge in [0.1, 0.15) is 0 Å². The van der Waals surface area contributed by atoms with E-state index < -0.39 is 0 Å². The molecule has 0 spiro atoms. The number of benzene rings is 1. The molecule has 1 atom stereocenters. The number of hydrogen-bond acceptors (Lipinski definition) is 5. The van der Waals surface area contributed by atoms with Crippen LogP contribution in [0.5, 0.6) is 11.5 Å². The number of nitrogens with zero attached hydrogens (tertiary/aromatic N) is 1. The summed E-state index contributed by atoms with van der Waals surface area (Å²) in [5.74, 6) is 0.765. The van der Waals surface area contributed by atoms with Crippen molar-refractivity contribution in [3.63, 3.8) is 0 Å². The van der Waals surface area contributed by atoms with Crippen molar-refractivity contribution in [2.75, 3.05) is 33.9 Å². The van der Waals surface area contributed by atoms with E-state index in [-0.39, 0.29) is 24.3 Å². The number of nitrogens with one attached hydrogen (secondary N) is 1. The van der Waals surface area contributed by atoms with Gasteiger partial charge in [-0.2, -0.15) is 0 Å². The summed E-state index contributed by atoms with van der Waals surface area (Å²) in [6, 6.07) is 5.52. The molecule has 1 aromatic rings. The van der Waals surface area contributed by atoms with Crippen molar-refractivity contribution in [3.05, 3.63) is 23.8 Å². The molecule has 1 saturated heterocycles. The number of methoxy groups -OCH3 is 2. The van der Waals surface area contributed by atoms with E-state index in [2.05, 4.69) is 5.32 Å². The van der Waals surface area contributed by atoms with Gasteiger partial charge in [0.2, 0.25) is 11.8 Å². The van der Waals surface area contributed by atoms with Gasteiger partial charge in [-0.15, -0.1) is 0 Å². The fraction of sp³-hybridized carbons (Fsp3) is 0.529. The summed E-state index contributed by atoms with van der Waals surface area (Å²) in [7, 11) is 3.16. The Bertz CT molecular complexity index is 591. The van der Waals surface area contributed by atoms with E-state index in [4.69, 9.17) is 15.2 Å². The number of carbonyl (C=O) groups excluding carboxylic acids is 2. The molecule has 0 bridgehead atoms. The van der Waals surface area contributed by atoms with Crippen molar-refractivity contribution >= 4 is 11.8 Å². The van der Waals surface area contributed by atoms with E-state index in [0.29, 0.717) is 24.6 Å². The molecule has 0 aliphatic carbocycles. The van der Waals surface area contributed by atoms with Gasteiger partial charge in [-0.25, -0.2) is 0 Å². The van der Waals surface area contributed by atoms with Gasteiger partial charge in [0.15, 0.2) is 11.5 Å². The second-order valence-electron chi connectivity index (χ2n) is 5.94. The van der Waals surface area contributed by atoms with Crippen LogP contribution in [0.2, 0.25) is 0 Å². The van der Waals surface area contributed by atoms with Crippen molar-refractivity contribution < 1.29 is 19.1 Å². The largest absolute Gasteiger partial charge is 0.493 e. The summed E-state index contributed by atoms with van der Waals surface area (Å²) in [5.41, 5.74) is 6.28. The molecule has 2 rings (SSSR count). The standard InChI is InChI=1S/C17H25N3O4/c1-23-14-6-5-12(8-15(14)24-2)9-19-16(21)11-20-7-3-4-13(10-20)17(18)22/h5-6,8,13H,3-4,7,9-11H2,1-2H3,(H2,18,22)(H,19,21)/t13-/m0/s1. The molecule has 1 aliphatic rings. The van der Waals surface area contributed by atoms with Crippen molar-refractivity contribution in [3.8, 4) is 11.5 Å². The van der Waals surface area contributed by atoms with E-state index >= 15 is 0 Å². The first kappa shape index (κ1) is 18.1. The first-order valence-corrected chi connectivity index (χ1v) is 8.02. The van der Waals surface area contributed by atoms with Gasteiger partial charge in [0.25, 0.3) is 0 Å². The maximum atomic E-state index is 12.1. The maximum absolute atomic E-state index is 12.1. The Morgan fingerprint density at radius 1 is 1.29 bits per heavy atom. The lowest BCUT2D eigenvalue weighted by Crippen LogP contribution is -2.45. The molecule has 2 amide bonds. The van der Waals surface area contributed by atoms with Crippen LogP contribution in [0, 0.1) is 5.92 Å². The minimum absolute atomic E-state index is 0.0742. The number of ether oxygens (including phenoxy) is 2. The van der Waals surface area contributed by atoms with E-state index in [9.17, 15) is 9.59 Å². The summed E-state index contributed by atoms with van der Waals surface area (Å²) >= 11 is 0. The minimum Gasteiger partial charge on any atom is -0.493 e. The molecule has 0 aromatic heterocycles. The quantitative estimate of drug-likeness (QED) is 0.757. The number of amides is 2. The second kappa shape index (κ2) is 8.54. The van der Waals surface area contributed by atoms with Crippen LogP contribution >= 0.6 is 0 Å². The van der Waals surface area contributed by atoms with Crippen LogP contribution < -0.4 is 20.5 Å². The fourth-order valence-corrected chi connectivity index (χ4v) is 2.88. The van der Waals surface area contributed by atoms with E-state index in [0.717, 1.165) is 24.9 Å². The monoisotopic (exact) mass is 335 g/mol. The summed E-state index contributed by atoms with van der Waals surface area (Å²) in [6.07, 6.45) is 1.69. The van der Waals surface area contributed by atoms with Crippen LogP contribution in [0.3, 0.4) is 0 Å². The molecular weight excluding hydrogens is 310 g/mol. The van der Waals surface area contributed by atoms with Crippen LogP contribution in [0.1, 0.15) is 18.4 Å². The molecule has 0 saturated carbocycles. The Labute approximate surface area is 142 Å². The molecule has 0 radical (unpaired) electrons. The van der Waals surface area contributed by atoms with E-state index in [1.165, 1.54) is 0 Å². The molecule has 7 heteroatoms. The van der Waals surface area contributed by atoms with Crippen molar-refractivity contribution in [2.24, 2.45) is 11.7 Å². The van der Waals surface area contributed by atoms with Crippen LogP contribution in [-0.4, -0.2) is 50.6 Å². The Morgan fingerprint density at radius 2 is 2.04 bits per heavy atom. The lowest BCUT2D eigenvalue weighted by molar-refractivity contribution is -0.126. The highest BCUT2D eigenvalue weighted by atomic mass is 16.5. The molecule has 1 fully saturated rings. The van der Waals surface area contributed by atoms with Gasteiger partial charge >= 0.3 is 0 Å². The van der Waals surface area contributed by atoms with Crippen molar-refractivity contribution in [2.45, 2.75) is 19.4 Å². The Kier molecular flexibility index (Phi) is 6.43. The maximum Gasteiger partial charge on any atom is 0.234 e. The zero-order valence-corrected chi connectivity index (χ0v) is 14.2. The zero-order valence-electron chi connectivity index (χ0n) is 14.2. The van der Waals surface area contributed by atoms with E-state index in [1.54, 1.807) is 14.2 Å². The number of rotatable bonds is 7. The highest BCUT2D eigenvalue weighted by Crippen LogP contribution is 2.27. The summed E-state index contributed by atoms with van der Waals surface area (Å²) < 4.78 is 10.4. The highest BCUT2D eigenvalue weighted by molar-refractivity contribution is 5.79. The van der Waals surface area contributed by atoms with Gasteiger partial charge in [-0.05, 0) is 37.1 Å². The topological polar surface area (TPSA) is 93.9 Å². The SMILES string of the molecule is COc1ccc(CNC(=O)CN2CCC[C@H](C(N)=O)C2)cc1OC. The van der Waals surface area contributed by atoms with Crippen LogP contribution in [0.25, 0.3) is 0 Å². The molecule has 7 nitrogen and oxygen atoms in total. The summed E-state index contributed by atoms with van der Waals surface area (Å²) in [4.78, 5) is 25.4. The molecule has 3 N–H and O–H groups in total. The first-order chi connectivity index (χ1) is 11.5. The molecule has 1 aliphatic heterocycles. The predicted molar refractivity (Wildman–Crippen MR) is 89.8 cm³/mol. The van der Waals surface area contributed by atoms with Gasteiger partial charge in [0.05, 0.1) is 26.7 Å². The highest BCUT2D eigenvalue weighted by Gasteiger charge is 2.24. The molecule has 1 aromatic carbocycles. The average molecular weight is 335 g/mol. The second-order valence-corrected chi connectivity index (χ2v) is 5.94. The molecule has 132 valence electrons. The summed E-state index contributed by atoms with van der Waals surface area (Å²) in [5, 5.41) is 2.89. The van der Waals surface area contributed by atoms with Gasteiger partial charge in [-0.3, -0.25) is 14.5 Å². The van der Waals surface area contributed by atoms with Crippen LogP contribution in [0.4, 0.5) is 0 Å². The molecule has 0 unspecified atom stereocenters.